The summed E-state index contributed by atoms with van der Waals surface area (Å²) in [6.45, 7) is 0.588. The predicted octanol–water partition coefficient (Wildman–Crippen LogP) is 0.339. The summed E-state index contributed by atoms with van der Waals surface area (Å²) in [6.07, 6.45) is 7.53. The van der Waals surface area contributed by atoms with Crippen LogP contribution in [0.1, 0.15) is 0 Å². The summed E-state index contributed by atoms with van der Waals surface area (Å²) in [5, 5.41) is 0. The highest BCUT2D eigenvalue weighted by molar-refractivity contribution is 6.30. The molecule has 0 saturated heterocycles. The van der Waals surface area contributed by atoms with E-state index in [1.165, 1.54) is 0 Å². The van der Waals surface area contributed by atoms with Crippen molar-refractivity contribution in [2.75, 3.05) is 6.54 Å². The van der Waals surface area contributed by atoms with Crippen LogP contribution in [0, 0.1) is 0 Å². The molecule has 0 unspecified atom stereocenters. The SMILES string of the molecule is O=CC1=CN=C2C=NC=CN2C1. The monoisotopic (exact) mass is 161 g/mol. The Bertz CT molecular complexity index is 325. The number of amidine groups is 1. The molecule has 4 heteroatoms. The van der Waals surface area contributed by atoms with Gasteiger partial charge in [-0.1, -0.05) is 0 Å². The Morgan fingerprint density at radius 3 is 3.33 bits per heavy atom. The lowest BCUT2D eigenvalue weighted by atomic mass is 10.2. The van der Waals surface area contributed by atoms with E-state index in [-0.39, 0.29) is 0 Å². The maximum absolute atomic E-state index is 10.4. The van der Waals surface area contributed by atoms with E-state index in [0.717, 1.165) is 12.1 Å². The summed E-state index contributed by atoms with van der Waals surface area (Å²) in [5.41, 5.74) is 0.679. The van der Waals surface area contributed by atoms with E-state index in [1.54, 1.807) is 24.8 Å². The number of hydrogen-bond donors (Lipinski definition) is 0. The van der Waals surface area contributed by atoms with Gasteiger partial charge in [0, 0.05) is 24.2 Å². The van der Waals surface area contributed by atoms with Crippen molar-refractivity contribution in [3.8, 4) is 0 Å². The van der Waals surface area contributed by atoms with Crippen molar-refractivity contribution >= 4 is 18.3 Å². The fourth-order valence-electron chi connectivity index (χ4n) is 1.07. The zero-order chi connectivity index (χ0) is 8.39. The van der Waals surface area contributed by atoms with Crippen LogP contribution in [0.5, 0.6) is 0 Å². The zero-order valence-electron chi connectivity index (χ0n) is 6.34. The molecule has 0 spiro atoms. The van der Waals surface area contributed by atoms with Gasteiger partial charge in [0.1, 0.15) is 6.29 Å². The molecular weight excluding hydrogens is 154 g/mol. The molecule has 0 aliphatic carbocycles. The lowest BCUT2D eigenvalue weighted by Crippen LogP contribution is -2.32. The summed E-state index contributed by atoms with van der Waals surface area (Å²) in [4.78, 5) is 20.3. The van der Waals surface area contributed by atoms with Crippen LogP contribution in [0.2, 0.25) is 0 Å². The molecule has 0 atom stereocenters. The van der Waals surface area contributed by atoms with Gasteiger partial charge in [-0.05, 0) is 0 Å². The molecule has 0 radical (unpaired) electrons. The Labute approximate surface area is 69.6 Å². The van der Waals surface area contributed by atoms with Crippen LogP contribution in [0.25, 0.3) is 0 Å². The number of aldehydes is 1. The molecule has 0 amide bonds. The van der Waals surface area contributed by atoms with Crippen molar-refractivity contribution in [2.24, 2.45) is 9.98 Å². The molecule has 12 heavy (non-hydrogen) atoms. The van der Waals surface area contributed by atoms with Crippen LogP contribution in [0.4, 0.5) is 0 Å². The quantitative estimate of drug-likeness (QED) is 0.520. The smallest absolute Gasteiger partial charge is 0.151 e. The molecule has 0 saturated carbocycles. The third-order valence-electron chi connectivity index (χ3n) is 1.68. The van der Waals surface area contributed by atoms with Crippen LogP contribution in [0.15, 0.2) is 34.2 Å². The molecule has 0 bridgehead atoms. The summed E-state index contributed by atoms with van der Waals surface area (Å²) in [6, 6.07) is 0. The first-order valence-corrected chi connectivity index (χ1v) is 3.58. The number of nitrogens with zero attached hydrogens (tertiary/aromatic N) is 3. The van der Waals surface area contributed by atoms with Crippen LogP contribution in [-0.4, -0.2) is 29.8 Å². The second-order valence-electron chi connectivity index (χ2n) is 2.51. The second kappa shape index (κ2) is 2.73. The first kappa shape index (κ1) is 6.97. The standard InChI is InChI=1S/C8H7N3O/c12-6-7-3-10-8-4-9-1-2-11(8)5-7/h1-4,6H,5H2. The Morgan fingerprint density at radius 2 is 2.50 bits per heavy atom. The Morgan fingerprint density at radius 1 is 1.58 bits per heavy atom. The normalized spacial score (nSPS) is 19.8. The van der Waals surface area contributed by atoms with Gasteiger partial charge in [0.25, 0.3) is 0 Å². The molecule has 0 N–H and O–H groups in total. The highest BCUT2D eigenvalue weighted by Gasteiger charge is 2.14. The van der Waals surface area contributed by atoms with Crippen molar-refractivity contribution in [3.05, 3.63) is 24.2 Å². The second-order valence-corrected chi connectivity index (χ2v) is 2.51. The maximum atomic E-state index is 10.4. The Balaban J connectivity index is 2.31. The molecule has 0 aromatic heterocycles. The van der Waals surface area contributed by atoms with Gasteiger partial charge >= 0.3 is 0 Å². The van der Waals surface area contributed by atoms with Crippen LogP contribution < -0.4 is 0 Å². The van der Waals surface area contributed by atoms with Crippen LogP contribution >= 0.6 is 0 Å². The molecule has 2 heterocycles. The first-order valence-electron chi connectivity index (χ1n) is 3.58. The third kappa shape index (κ3) is 1.07. The van der Waals surface area contributed by atoms with Gasteiger partial charge in [0.2, 0.25) is 0 Å². The molecule has 0 aromatic rings. The van der Waals surface area contributed by atoms with Crippen molar-refractivity contribution in [1.29, 1.82) is 0 Å². The van der Waals surface area contributed by atoms with Crippen molar-refractivity contribution in [3.63, 3.8) is 0 Å². The number of rotatable bonds is 1. The largest absolute Gasteiger partial charge is 0.326 e. The van der Waals surface area contributed by atoms with Gasteiger partial charge in [-0.25, -0.2) is 4.99 Å². The van der Waals surface area contributed by atoms with Crippen molar-refractivity contribution in [2.45, 2.75) is 0 Å². The lowest BCUT2D eigenvalue weighted by molar-refractivity contribution is -0.105. The summed E-state index contributed by atoms with van der Waals surface area (Å²) in [5.74, 6) is 0.781. The van der Waals surface area contributed by atoms with Gasteiger partial charge in [0.05, 0.1) is 12.8 Å². The van der Waals surface area contributed by atoms with Gasteiger partial charge in [0.15, 0.2) is 5.84 Å². The average molecular weight is 161 g/mol. The van der Waals surface area contributed by atoms with Crippen LogP contribution in [0.3, 0.4) is 0 Å². The number of aliphatic imine (C=N–C) groups is 2. The Hall–Kier alpha value is -1.71. The number of hydrogen-bond acceptors (Lipinski definition) is 4. The molecule has 0 fully saturated rings. The van der Waals surface area contributed by atoms with E-state index in [2.05, 4.69) is 9.98 Å². The lowest BCUT2D eigenvalue weighted by Gasteiger charge is -2.23. The zero-order valence-corrected chi connectivity index (χ0v) is 6.34. The van der Waals surface area contributed by atoms with E-state index in [4.69, 9.17) is 0 Å². The van der Waals surface area contributed by atoms with Gasteiger partial charge in [-0.2, -0.15) is 0 Å². The number of carbonyl (C=O) groups excluding carboxylic acids is 1. The fourth-order valence-corrected chi connectivity index (χ4v) is 1.07. The van der Waals surface area contributed by atoms with Crippen molar-refractivity contribution in [1.82, 2.24) is 4.90 Å². The van der Waals surface area contributed by atoms with Crippen molar-refractivity contribution < 1.29 is 4.79 Å². The highest BCUT2D eigenvalue weighted by Crippen LogP contribution is 2.08. The van der Waals surface area contributed by atoms with E-state index < -0.39 is 0 Å². The van der Waals surface area contributed by atoms with E-state index >= 15 is 0 Å². The number of carbonyl (C=O) groups is 1. The van der Waals surface area contributed by atoms with E-state index in [0.29, 0.717) is 12.1 Å². The fraction of sp³-hybridized carbons (Fsp3) is 0.125. The summed E-state index contributed by atoms with van der Waals surface area (Å²) in [7, 11) is 0. The highest BCUT2D eigenvalue weighted by atomic mass is 16.1. The molecule has 2 aliphatic rings. The molecule has 60 valence electrons. The van der Waals surface area contributed by atoms with E-state index in [9.17, 15) is 4.79 Å². The summed E-state index contributed by atoms with van der Waals surface area (Å²) >= 11 is 0. The minimum atomic E-state index is 0.588. The Kier molecular flexibility index (Phi) is 1.59. The molecular formula is C8H7N3O. The van der Waals surface area contributed by atoms with Gasteiger partial charge in [-0.3, -0.25) is 9.79 Å². The van der Waals surface area contributed by atoms with E-state index in [1.807, 2.05) is 4.90 Å². The molecule has 0 aromatic carbocycles. The third-order valence-corrected chi connectivity index (χ3v) is 1.68. The molecule has 2 rings (SSSR count). The maximum Gasteiger partial charge on any atom is 0.151 e. The molecule has 2 aliphatic heterocycles. The minimum Gasteiger partial charge on any atom is -0.326 e. The first-order chi connectivity index (χ1) is 5.90. The van der Waals surface area contributed by atoms with Gasteiger partial charge in [-0.15, -0.1) is 0 Å². The topological polar surface area (TPSA) is 45.0 Å². The predicted molar refractivity (Wildman–Crippen MR) is 45.9 cm³/mol. The van der Waals surface area contributed by atoms with Gasteiger partial charge < -0.3 is 4.90 Å². The molecule has 4 nitrogen and oxygen atoms in total. The van der Waals surface area contributed by atoms with Crippen LogP contribution in [-0.2, 0) is 4.79 Å². The summed E-state index contributed by atoms with van der Waals surface area (Å²) < 4.78 is 0. The number of fused-ring (bicyclic) bond motifs is 1. The average Bonchev–Trinajstić information content (AvgIpc) is 2.17. The minimum absolute atomic E-state index is 0.588.